The third-order valence-electron chi connectivity index (χ3n) is 3.79. The molecule has 1 aliphatic carbocycles. The van der Waals surface area contributed by atoms with Gasteiger partial charge in [-0.25, -0.2) is 0 Å². The molecule has 0 saturated heterocycles. The molecule has 1 aromatic carbocycles. The molecule has 1 aromatic rings. The van der Waals surface area contributed by atoms with Crippen LogP contribution in [-0.4, -0.2) is 12.6 Å². The smallest absolute Gasteiger partial charge is 0.120 e. The Morgan fingerprint density at radius 3 is 2.63 bits per heavy atom. The Morgan fingerprint density at radius 2 is 2.00 bits per heavy atom. The van der Waals surface area contributed by atoms with Gasteiger partial charge < -0.3 is 10.5 Å². The van der Waals surface area contributed by atoms with E-state index in [1.165, 1.54) is 25.7 Å². The van der Waals surface area contributed by atoms with Gasteiger partial charge in [-0.3, -0.25) is 0 Å². The number of nitrogens with two attached hydrogens (primary N) is 1. The number of hydrogen-bond donors (Lipinski definition) is 1. The highest BCUT2D eigenvalue weighted by Gasteiger charge is 2.19. The van der Waals surface area contributed by atoms with Crippen molar-refractivity contribution in [3.63, 3.8) is 0 Å². The van der Waals surface area contributed by atoms with E-state index in [0.717, 1.165) is 22.8 Å². The minimum Gasteiger partial charge on any atom is -0.490 e. The second-order valence-corrected chi connectivity index (χ2v) is 5.48. The molecule has 0 atom stereocenters. The predicted octanol–water partition coefficient (Wildman–Crippen LogP) is 3.26. The minimum atomic E-state index is 0.386. The van der Waals surface area contributed by atoms with Gasteiger partial charge in [0.25, 0.3) is 0 Å². The lowest BCUT2D eigenvalue weighted by atomic mass is 9.89. The molecule has 1 aliphatic rings. The summed E-state index contributed by atoms with van der Waals surface area (Å²) in [6, 6.07) is 6.13. The van der Waals surface area contributed by atoms with Crippen molar-refractivity contribution in [3.05, 3.63) is 29.3 Å². The molecule has 2 rings (SSSR count). The number of ether oxygens (including phenoxy) is 1. The Labute approximate surface area is 116 Å². The maximum Gasteiger partial charge on any atom is 0.120 e. The van der Waals surface area contributed by atoms with Crippen LogP contribution in [0.1, 0.15) is 43.7 Å². The lowest BCUT2D eigenvalue weighted by molar-refractivity contribution is 0.135. The molecule has 0 unspecified atom stereocenters. The molecule has 2 N–H and O–H groups in total. The molecule has 1 saturated carbocycles. The molecular formula is C17H23NO. The largest absolute Gasteiger partial charge is 0.490 e. The fraction of sp³-hybridized carbons (Fsp3) is 0.529. The zero-order valence-electron chi connectivity index (χ0n) is 11.9. The summed E-state index contributed by atoms with van der Waals surface area (Å²) in [6.45, 7) is 4.79. The summed E-state index contributed by atoms with van der Waals surface area (Å²) in [5, 5.41) is 0. The van der Waals surface area contributed by atoms with Crippen LogP contribution < -0.4 is 10.5 Å². The summed E-state index contributed by atoms with van der Waals surface area (Å²) in [7, 11) is 0. The molecular weight excluding hydrogens is 234 g/mol. The Morgan fingerprint density at radius 1 is 1.26 bits per heavy atom. The van der Waals surface area contributed by atoms with Crippen molar-refractivity contribution < 1.29 is 4.74 Å². The van der Waals surface area contributed by atoms with Crippen LogP contribution in [0.3, 0.4) is 0 Å². The molecule has 0 aromatic heterocycles. The number of rotatable bonds is 2. The molecule has 0 radical (unpaired) electrons. The average molecular weight is 257 g/mol. The monoisotopic (exact) mass is 257 g/mol. The predicted molar refractivity (Wildman–Crippen MR) is 79.2 cm³/mol. The Kier molecular flexibility index (Phi) is 4.87. The molecule has 2 heteroatoms. The van der Waals surface area contributed by atoms with Crippen LogP contribution in [0.15, 0.2) is 18.2 Å². The molecule has 1 fully saturated rings. The highest BCUT2D eigenvalue weighted by molar-refractivity contribution is 5.44. The van der Waals surface area contributed by atoms with Crippen molar-refractivity contribution in [2.75, 3.05) is 6.54 Å². The summed E-state index contributed by atoms with van der Waals surface area (Å²) < 4.78 is 6.07. The first kappa shape index (κ1) is 14.0. The Balaban J connectivity index is 2.00. The zero-order chi connectivity index (χ0) is 13.7. The van der Waals surface area contributed by atoms with E-state index in [2.05, 4.69) is 31.8 Å². The van der Waals surface area contributed by atoms with Crippen molar-refractivity contribution in [3.8, 4) is 17.6 Å². The Hall–Kier alpha value is -1.46. The average Bonchev–Trinajstić information content (AvgIpc) is 2.41. The molecule has 19 heavy (non-hydrogen) atoms. The van der Waals surface area contributed by atoms with E-state index in [1.807, 2.05) is 12.1 Å². The first-order chi connectivity index (χ1) is 9.19. The quantitative estimate of drug-likeness (QED) is 0.825. The van der Waals surface area contributed by atoms with Gasteiger partial charge >= 0.3 is 0 Å². The highest BCUT2D eigenvalue weighted by atomic mass is 16.5. The van der Waals surface area contributed by atoms with E-state index < -0.39 is 0 Å². The van der Waals surface area contributed by atoms with Crippen LogP contribution in [0.5, 0.6) is 5.75 Å². The van der Waals surface area contributed by atoms with Crippen molar-refractivity contribution in [1.29, 1.82) is 0 Å². The summed E-state index contributed by atoms with van der Waals surface area (Å²) in [5.74, 6) is 7.79. The van der Waals surface area contributed by atoms with Gasteiger partial charge in [-0.05, 0) is 62.3 Å². The fourth-order valence-corrected chi connectivity index (χ4v) is 2.54. The molecule has 0 aliphatic heterocycles. The van der Waals surface area contributed by atoms with Gasteiger partial charge in [0.05, 0.1) is 12.6 Å². The molecule has 2 nitrogen and oxygen atoms in total. The lowest BCUT2D eigenvalue weighted by Gasteiger charge is -2.27. The van der Waals surface area contributed by atoms with Gasteiger partial charge in [-0.2, -0.15) is 0 Å². The second-order valence-electron chi connectivity index (χ2n) is 5.48. The van der Waals surface area contributed by atoms with Crippen molar-refractivity contribution in [2.24, 2.45) is 11.7 Å². The molecule has 0 bridgehead atoms. The van der Waals surface area contributed by atoms with Crippen LogP contribution in [0, 0.1) is 24.7 Å². The topological polar surface area (TPSA) is 35.2 Å². The lowest BCUT2D eigenvalue weighted by Crippen LogP contribution is -2.23. The minimum absolute atomic E-state index is 0.386. The number of hydrogen-bond acceptors (Lipinski definition) is 2. The maximum atomic E-state index is 6.07. The fourth-order valence-electron chi connectivity index (χ4n) is 2.54. The van der Waals surface area contributed by atoms with Gasteiger partial charge in [0.15, 0.2) is 0 Å². The van der Waals surface area contributed by atoms with E-state index in [0.29, 0.717) is 12.6 Å². The summed E-state index contributed by atoms with van der Waals surface area (Å²) in [5.41, 5.74) is 7.59. The van der Waals surface area contributed by atoms with Crippen LogP contribution >= 0.6 is 0 Å². The second kappa shape index (κ2) is 6.63. The first-order valence-electron chi connectivity index (χ1n) is 7.15. The van der Waals surface area contributed by atoms with Crippen LogP contribution in [0.2, 0.25) is 0 Å². The van der Waals surface area contributed by atoms with E-state index in [-0.39, 0.29) is 0 Å². The number of benzene rings is 1. The van der Waals surface area contributed by atoms with Crippen LogP contribution in [0.25, 0.3) is 0 Å². The Bertz CT molecular complexity index is 476. The summed E-state index contributed by atoms with van der Waals surface area (Å²) in [6.07, 6.45) is 5.30. The molecule has 0 amide bonds. The number of aryl methyl sites for hydroxylation is 1. The third kappa shape index (κ3) is 4.01. The van der Waals surface area contributed by atoms with E-state index in [9.17, 15) is 0 Å². The third-order valence-corrected chi connectivity index (χ3v) is 3.79. The van der Waals surface area contributed by atoms with Gasteiger partial charge in [0, 0.05) is 5.56 Å². The molecule has 102 valence electrons. The maximum absolute atomic E-state index is 6.07. The zero-order valence-corrected chi connectivity index (χ0v) is 11.9. The summed E-state index contributed by atoms with van der Waals surface area (Å²) >= 11 is 0. The van der Waals surface area contributed by atoms with Crippen molar-refractivity contribution in [1.82, 2.24) is 0 Å². The van der Waals surface area contributed by atoms with Gasteiger partial charge in [-0.1, -0.05) is 18.8 Å². The molecule has 0 spiro atoms. The first-order valence-corrected chi connectivity index (χ1v) is 7.15. The van der Waals surface area contributed by atoms with Crippen molar-refractivity contribution in [2.45, 2.75) is 45.6 Å². The summed E-state index contributed by atoms with van der Waals surface area (Å²) in [4.78, 5) is 0. The standard InChI is InChI=1S/C17H23NO/c1-13-5-8-16(9-6-13)19-17-10-7-15(4-3-11-18)14(2)12-17/h7,10,12-13,16H,5-6,8-9,11,18H2,1-2H3. The molecule has 0 heterocycles. The van der Waals surface area contributed by atoms with Crippen LogP contribution in [0.4, 0.5) is 0 Å². The van der Waals surface area contributed by atoms with Gasteiger partial charge in [0.2, 0.25) is 0 Å². The van der Waals surface area contributed by atoms with Gasteiger partial charge in [-0.15, -0.1) is 0 Å². The van der Waals surface area contributed by atoms with E-state index in [1.54, 1.807) is 0 Å². The normalized spacial score (nSPS) is 22.5. The van der Waals surface area contributed by atoms with E-state index in [4.69, 9.17) is 10.5 Å². The van der Waals surface area contributed by atoms with Crippen LogP contribution in [-0.2, 0) is 0 Å². The SMILES string of the molecule is Cc1cc(OC2CCC(C)CC2)ccc1C#CCN. The van der Waals surface area contributed by atoms with Crippen molar-refractivity contribution >= 4 is 0 Å². The highest BCUT2D eigenvalue weighted by Crippen LogP contribution is 2.27. The van der Waals surface area contributed by atoms with Gasteiger partial charge in [0.1, 0.15) is 5.75 Å². The van der Waals surface area contributed by atoms with E-state index >= 15 is 0 Å².